The third-order valence-electron chi connectivity index (χ3n) is 3.68. The van der Waals surface area contributed by atoms with Crippen molar-refractivity contribution in [3.63, 3.8) is 0 Å². The number of aromatic nitrogens is 1. The lowest BCUT2D eigenvalue weighted by atomic mass is 10.3. The van der Waals surface area contributed by atoms with Crippen molar-refractivity contribution in [3.05, 3.63) is 27.3 Å². The fourth-order valence-electron chi connectivity index (χ4n) is 2.48. The Bertz CT molecular complexity index is 866. The van der Waals surface area contributed by atoms with Gasteiger partial charge in [0.05, 0.1) is 10.6 Å². The van der Waals surface area contributed by atoms with E-state index in [4.69, 9.17) is 0 Å². The van der Waals surface area contributed by atoms with Gasteiger partial charge in [0.1, 0.15) is 4.21 Å². The Morgan fingerprint density at radius 2 is 1.88 bits per heavy atom. The van der Waals surface area contributed by atoms with Crippen LogP contribution in [0.25, 0.3) is 0 Å². The Hall–Kier alpha value is -1.72. The normalized spacial score (nSPS) is 15.8. The van der Waals surface area contributed by atoms with E-state index in [0.717, 1.165) is 34.5 Å². The van der Waals surface area contributed by atoms with Gasteiger partial charge in [0.2, 0.25) is 0 Å². The molecule has 0 amide bonds. The van der Waals surface area contributed by atoms with E-state index in [-0.39, 0.29) is 9.90 Å². The van der Waals surface area contributed by atoms with Gasteiger partial charge in [-0.15, -0.1) is 11.3 Å². The standard InChI is InChI=1S/C13H16N4O4S3/c1-9-8-22-13(14-9)16-5-3-15(4-6-16)12-10(17(18)19)7-11(23-12)24(2,20)21/h7-8H,3-6H2,1-2H3. The number of aryl methyl sites for hydroxylation is 1. The van der Waals surface area contributed by atoms with E-state index in [1.165, 1.54) is 0 Å². The predicted octanol–water partition coefficient (Wildman–Crippen LogP) is 2.15. The van der Waals surface area contributed by atoms with Gasteiger partial charge in [0.25, 0.3) is 0 Å². The van der Waals surface area contributed by atoms with E-state index < -0.39 is 14.8 Å². The molecule has 1 saturated heterocycles. The van der Waals surface area contributed by atoms with Gasteiger partial charge < -0.3 is 9.80 Å². The summed E-state index contributed by atoms with van der Waals surface area (Å²) in [6.07, 6.45) is 1.06. The van der Waals surface area contributed by atoms with E-state index in [2.05, 4.69) is 9.88 Å². The van der Waals surface area contributed by atoms with Crippen LogP contribution in [0, 0.1) is 17.0 Å². The summed E-state index contributed by atoms with van der Waals surface area (Å²) in [6, 6.07) is 1.16. The van der Waals surface area contributed by atoms with Crippen molar-refractivity contribution in [2.75, 3.05) is 42.2 Å². The molecular formula is C13H16N4O4S3. The highest BCUT2D eigenvalue weighted by Crippen LogP contribution is 2.40. The first-order valence-electron chi connectivity index (χ1n) is 7.16. The van der Waals surface area contributed by atoms with Gasteiger partial charge in [0, 0.05) is 43.9 Å². The second-order valence-corrected chi connectivity index (χ2v) is 9.64. The van der Waals surface area contributed by atoms with Crippen LogP contribution in [0.3, 0.4) is 0 Å². The maximum absolute atomic E-state index is 11.7. The van der Waals surface area contributed by atoms with Crippen LogP contribution in [-0.2, 0) is 9.84 Å². The van der Waals surface area contributed by atoms with Crippen LogP contribution in [0.1, 0.15) is 5.69 Å². The number of hydrogen-bond donors (Lipinski definition) is 0. The maximum Gasteiger partial charge on any atom is 0.305 e. The van der Waals surface area contributed by atoms with Crippen LogP contribution in [0.2, 0.25) is 0 Å². The van der Waals surface area contributed by atoms with Crippen molar-refractivity contribution in [3.8, 4) is 0 Å². The SMILES string of the molecule is Cc1csc(N2CCN(c3sc(S(C)(=O)=O)cc3[N+](=O)[O-])CC2)n1. The van der Waals surface area contributed by atoms with Gasteiger partial charge in [-0.1, -0.05) is 11.3 Å². The van der Waals surface area contributed by atoms with E-state index in [0.29, 0.717) is 31.2 Å². The topological polar surface area (TPSA) is 96.7 Å². The molecule has 0 saturated carbocycles. The number of sulfone groups is 1. The third-order valence-corrected chi connectivity index (χ3v) is 7.68. The van der Waals surface area contributed by atoms with E-state index in [1.54, 1.807) is 11.3 Å². The van der Waals surface area contributed by atoms with Crippen molar-refractivity contribution >= 4 is 48.3 Å². The fraction of sp³-hybridized carbons (Fsp3) is 0.462. The molecule has 0 N–H and O–H groups in total. The minimum Gasteiger partial charge on any atom is -0.354 e. The lowest BCUT2D eigenvalue weighted by molar-refractivity contribution is -0.383. The largest absolute Gasteiger partial charge is 0.354 e. The molecule has 0 aromatic carbocycles. The highest BCUT2D eigenvalue weighted by atomic mass is 32.2. The van der Waals surface area contributed by atoms with Crippen molar-refractivity contribution in [1.82, 2.24) is 4.98 Å². The first-order valence-corrected chi connectivity index (χ1v) is 10.7. The number of nitrogens with zero attached hydrogens (tertiary/aromatic N) is 4. The van der Waals surface area contributed by atoms with E-state index in [1.807, 2.05) is 17.2 Å². The minimum absolute atomic E-state index is 0.0298. The van der Waals surface area contributed by atoms with Gasteiger partial charge in [-0.25, -0.2) is 13.4 Å². The first kappa shape index (κ1) is 17.1. The molecule has 1 aliphatic rings. The Morgan fingerprint density at radius 1 is 1.25 bits per heavy atom. The summed E-state index contributed by atoms with van der Waals surface area (Å²) in [7, 11) is -3.46. The number of nitro groups is 1. The van der Waals surface area contributed by atoms with Gasteiger partial charge in [-0.3, -0.25) is 10.1 Å². The van der Waals surface area contributed by atoms with Crippen LogP contribution < -0.4 is 9.80 Å². The number of thiophene rings is 1. The molecule has 0 bridgehead atoms. The molecular weight excluding hydrogens is 372 g/mol. The molecule has 1 aliphatic heterocycles. The Labute approximate surface area is 147 Å². The molecule has 11 heteroatoms. The van der Waals surface area contributed by atoms with Gasteiger partial charge in [-0.2, -0.15) is 0 Å². The van der Waals surface area contributed by atoms with Gasteiger partial charge >= 0.3 is 5.69 Å². The average molecular weight is 388 g/mol. The average Bonchev–Trinajstić information content (AvgIpc) is 3.13. The highest BCUT2D eigenvalue weighted by Gasteiger charge is 2.29. The fourth-order valence-corrected chi connectivity index (χ4v) is 5.41. The zero-order valence-electron chi connectivity index (χ0n) is 13.1. The zero-order valence-corrected chi connectivity index (χ0v) is 15.6. The lowest BCUT2D eigenvalue weighted by Gasteiger charge is -2.34. The molecule has 0 atom stereocenters. The van der Waals surface area contributed by atoms with Crippen LogP contribution in [0.5, 0.6) is 0 Å². The summed E-state index contributed by atoms with van der Waals surface area (Å²) in [6.45, 7) is 4.50. The molecule has 3 heterocycles. The quantitative estimate of drug-likeness (QED) is 0.585. The van der Waals surface area contributed by atoms with Crippen molar-refractivity contribution in [2.45, 2.75) is 11.1 Å². The zero-order chi connectivity index (χ0) is 17.5. The maximum atomic E-state index is 11.7. The minimum atomic E-state index is -3.46. The van der Waals surface area contributed by atoms with E-state index >= 15 is 0 Å². The summed E-state index contributed by atoms with van der Waals surface area (Å²) in [5.41, 5.74) is 0.836. The van der Waals surface area contributed by atoms with Gasteiger partial charge in [0.15, 0.2) is 20.0 Å². The number of thiazole rings is 1. The molecule has 0 radical (unpaired) electrons. The Kier molecular flexibility index (Phi) is 4.49. The first-order chi connectivity index (χ1) is 11.3. The second kappa shape index (κ2) is 6.30. The van der Waals surface area contributed by atoms with Crippen molar-refractivity contribution < 1.29 is 13.3 Å². The molecule has 0 spiro atoms. The van der Waals surface area contributed by atoms with E-state index in [9.17, 15) is 18.5 Å². The number of rotatable bonds is 4. The summed E-state index contributed by atoms with van der Waals surface area (Å²) in [5.74, 6) is 0. The van der Waals surface area contributed by atoms with Crippen molar-refractivity contribution in [1.29, 1.82) is 0 Å². The molecule has 0 aliphatic carbocycles. The molecule has 0 unspecified atom stereocenters. The monoisotopic (exact) mass is 388 g/mol. The van der Waals surface area contributed by atoms with Gasteiger partial charge in [-0.05, 0) is 6.92 Å². The molecule has 3 rings (SSSR count). The molecule has 130 valence electrons. The highest BCUT2D eigenvalue weighted by molar-refractivity contribution is 7.92. The number of piperazine rings is 1. The van der Waals surface area contributed by atoms with Crippen LogP contribution >= 0.6 is 22.7 Å². The molecule has 24 heavy (non-hydrogen) atoms. The molecule has 1 fully saturated rings. The smallest absolute Gasteiger partial charge is 0.305 e. The Balaban J connectivity index is 1.81. The van der Waals surface area contributed by atoms with Crippen LogP contribution in [-0.4, -0.2) is 50.8 Å². The summed E-state index contributed by atoms with van der Waals surface area (Å²) < 4.78 is 23.4. The molecule has 2 aromatic heterocycles. The number of anilines is 2. The summed E-state index contributed by atoms with van der Waals surface area (Å²) in [5, 5.41) is 14.6. The van der Waals surface area contributed by atoms with Crippen LogP contribution in [0.15, 0.2) is 15.7 Å². The number of hydrogen-bond acceptors (Lipinski definition) is 9. The summed E-state index contributed by atoms with van der Waals surface area (Å²) in [4.78, 5) is 19.2. The summed E-state index contributed by atoms with van der Waals surface area (Å²) >= 11 is 2.55. The molecule has 2 aromatic rings. The lowest BCUT2D eigenvalue weighted by Crippen LogP contribution is -2.46. The molecule has 8 nitrogen and oxygen atoms in total. The van der Waals surface area contributed by atoms with Crippen molar-refractivity contribution in [2.24, 2.45) is 0 Å². The second-order valence-electron chi connectivity index (χ2n) is 5.53. The van der Waals surface area contributed by atoms with Crippen LogP contribution in [0.4, 0.5) is 15.8 Å². The predicted molar refractivity (Wildman–Crippen MR) is 95.4 cm³/mol. The Morgan fingerprint density at radius 3 is 2.38 bits per heavy atom. The third kappa shape index (κ3) is 3.37.